The van der Waals surface area contributed by atoms with E-state index in [0.29, 0.717) is 39.3 Å². The van der Waals surface area contributed by atoms with Gasteiger partial charge in [0, 0.05) is 6.42 Å². The van der Waals surface area contributed by atoms with Gasteiger partial charge in [-0.25, -0.2) is 0 Å². The van der Waals surface area contributed by atoms with E-state index < -0.39 is 0 Å². The zero-order valence-corrected chi connectivity index (χ0v) is 16.8. The Morgan fingerprint density at radius 1 is 0.640 bits per heavy atom. The van der Waals surface area contributed by atoms with Gasteiger partial charge in [-0.15, -0.1) is 0 Å². The highest BCUT2D eigenvalue weighted by atomic mass is 16.6. The van der Waals surface area contributed by atoms with Gasteiger partial charge in [-0.3, -0.25) is 9.59 Å². The molecule has 0 N–H and O–H groups in total. The average Bonchev–Trinajstić information content (AvgIpc) is 2.44. The summed E-state index contributed by atoms with van der Waals surface area (Å²) >= 11 is 0. The van der Waals surface area contributed by atoms with Crippen LogP contribution < -0.4 is 0 Å². The van der Waals surface area contributed by atoms with Crippen molar-refractivity contribution in [2.24, 2.45) is 10.8 Å². The Kier molecular flexibility index (Phi) is 11.7. The molecule has 25 heavy (non-hydrogen) atoms. The smallest absolute Gasteiger partial charge is 0.306 e. The van der Waals surface area contributed by atoms with Crippen LogP contribution in [-0.4, -0.2) is 51.6 Å². The number of ether oxygens (including phenoxy) is 4. The minimum absolute atomic E-state index is 0.0675. The summed E-state index contributed by atoms with van der Waals surface area (Å²) in [5, 5.41) is 0. The molecule has 0 aliphatic carbocycles. The maximum Gasteiger partial charge on any atom is 0.306 e. The summed E-state index contributed by atoms with van der Waals surface area (Å²) in [6, 6.07) is 0. The fourth-order valence-corrected chi connectivity index (χ4v) is 1.78. The van der Waals surface area contributed by atoms with Crippen molar-refractivity contribution in [2.45, 2.75) is 60.8 Å². The molecule has 0 saturated heterocycles. The van der Waals surface area contributed by atoms with Gasteiger partial charge < -0.3 is 18.9 Å². The molecule has 0 atom stereocenters. The molecule has 0 bridgehead atoms. The predicted octanol–water partition coefficient (Wildman–Crippen LogP) is 3.37. The molecular weight excluding hydrogens is 324 g/mol. The Labute approximate surface area is 152 Å². The van der Waals surface area contributed by atoms with E-state index in [1.807, 2.05) is 20.8 Å². The highest BCUT2D eigenvalue weighted by molar-refractivity contribution is 5.70. The molecule has 0 amide bonds. The number of esters is 2. The van der Waals surface area contributed by atoms with Gasteiger partial charge in [0.25, 0.3) is 0 Å². The fraction of sp³-hybridized carbons (Fsp3) is 0.895. The van der Waals surface area contributed by atoms with Crippen LogP contribution in [0, 0.1) is 10.8 Å². The number of carbonyl (C=O) groups excluding carboxylic acids is 2. The summed E-state index contributed by atoms with van der Waals surface area (Å²) in [7, 11) is 0. The minimum Gasteiger partial charge on any atom is -0.463 e. The van der Waals surface area contributed by atoms with Gasteiger partial charge in [0.05, 0.1) is 32.8 Å². The number of hydrogen-bond donors (Lipinski definition) is 0. The van der Waals surface area contributed by atoms with E-state index >= 15 is 0 Å². The van der Waals surface area contributed by atoms with E-state index in [9.17, 15) is 9.59 Å². The quantitative estimate of drug-likeness (QED) is 0.392. The Balaban J connectivity index is 3.37. The lowest BCUT2D eigenvalue weighted by molar-refractivity contribution is -0.148. The Morgan fingerprint density at radius 2 is 1.08 bits per heavy atom. The van der Waals surface area contributed by atoms with Gasteiger partial charge in [-0.1, -0.05) is 41.5 Å². The van der Waals surface area contributed by atoms with Crippen LogP contribution in [0.1, 0.15) is 60.8 Å². The highest BCUT2D eigenvalue weighted by Crippen LogP contribution is 2.20. The fourth-order valence-electron chi connectivity index (χ4n) is 1.78. The number of carbonyl (C=O) groups is 2. The van der Waals surface area contributed by atoms with Gasteiger partial charge in [-0.05, 0) is 17.3 Å². The molecule has 0 radical (unpaired) electrons. The van der Waals surface area contributed by atoms with Crippen molar-refractivity contribution in [1.82, 2.24) is 0 Å². The van der Waals surface area contributed by atoms with Gasteiger partial charge in [-0.2, -0.15) is 0 Å². The van der Waals surface area contributed by atoms with Crippen molar-refractivity contribution in [3.63, 3.8) is 0 Å². The van der Waals surface area contributed by atoms with E-state index in [1.165, 1.54) is 0 Å². The first-order valence-electron chi connectivity index (χ1n) is 8.96. The zero-order chi connectivity index (χ0) is 19.3. The van der Waals surface area contributed by atoms with Crippen molar-refractivity contribution in [3.05, 3.63) is 0 Å². The molecule has 0 saturated carbocycles. The largest absolute Gasteiger partial charge is 0.463 e. The average molecular weight is 360 g/mol. The number of rotatable bonds is 12. The molecule has 6 nitrogen and oxygen atoms in total. The van der Waals surface area contributed by atoms with Crippen molar-refractivity contribution in [3.8, 4) is 0 Å². The third kappa shape index (κ3) is 19.0. The summed E-state index contributed by atoms with van der Waals surface area (Å²) in [5.41, 5.74) is 0.0654. The maximum atomic E-state index is 11.5. The first kappa shape index (κ1) is 23.9. The summed E-state index contributed by atoms with van der Waals surface area (Å²) in [5.74, 6) is -0.396. The molecule has 0 rings (SSSR count). The summed E-state index contributed by atoms with van der Waals surface area (Å²) < 4.78 is 20.8. The lowest BCUT2D eigenvalue weighted by Crippen LogP contribution is -2.18. The van der Waals surface area contributed by atoms with Gasteiger partial charge >= 0.3 is 11.9 Å². The second-order valence-corrected chi connectivity index (χ2v) is 8.46. The third-order valence-electron chi connectivity index (χ3n) is 3.11. The van der Waals surface area contributed by atoms with Gasteiger partial charge in [0.2, 0.25) is 0 Å². The zero-order valence-electron chi connectivity index (χ0n) is 16.8. The number of hydrogen-bond acceptors (Lipinski definition) is 6. The molecule has 148 valence electrons. The molecule has 0 aliphatic heterocycles. The predicted molar refractivity (Wildman–Crippen MR) is 96.3 cm³/mol. The topological polar surface area (TPSA) is 71.1 Å². The SMILES string of the molecule is CC(C)(C)CCC(=O)OCCOCCOCCOC(=O)CC(C)(C)C. The third-order valence-corrected chi connectivity index (χ3v) is 3.11. The van der Waals surface area contributed by atoms with Crippen molar-refractivity contribution in [2.75, 3.05) is 39.6 Å². The second-order valence-electron chi connectivity index (χ2n) is 8.46. The van der Waals surface area contributed by atoms with Gasteiger partial charge in [0.1, 0.15) is 13.2 Å². The molecule has 0 spiro atoms. The standard InChI is InChI=1S/C19H36O6/c1-18(2,3)8-7-16(20)24-13-11-22-9-10-23-12-14-25-17(21)15-19(4,5)6/h7-15H2,1-6H3. The monoisotopic (exact) mass is 360 g/mol. The molecule has 0 aromatic heterocycles. The molecule has 0 fully saturated rings. The highest BCUT2D eigenvalue weighted by Gasteiger charge is 2.16. The molecule has 0 heterocycles. The summed E-state index contributed by atoms with van der Waals surface area (Å²) in [6.07, 6.45) is 1.63. The van der Waals surface area contributed by atoms with Crippen molar-refractivity contribution in [1.29, 1.82) is 0 Å². The molecule has 0 aliphatic rings. The van der Waals surface area contributed by atoms with E-state index in [1.54, 1.807) is 0 Å². The van der Waals surface area contributed by atoms with Crippen LogP contribution in [0.3, 0.4) is 0 Å². The molecule has 0 aromatic rings. The van der Waals surface area contributed by atoms with Crippen LogP contribution in [0.4, 0.5) is 0 Å². The van der Waals surface area contributed by atoms with E-state index in [2.05, 4.69) is 20.8 Å². The van der Waals surface area contributed by atoms with E-state index in [4.69, 9.17) is 18.9 Å². The van der Waals surface area contributed by atoms with E-state index in [-0.39, 0.29) is 36.0 Å². The summed E-state index contributed by atoms with van der Waals surface area (Å²) in [4.78, 5) is 23.0. The van der Waals surface area contributed by atoms with Gasteiger partial charge in [0.15, 0.2) is 0 Å². The maximum absolute atomic E-state index is 11.5. The first-order valence-corrected chi connectivity index (χ1v) is 8.96. The van der Waals surface area contributed by atoms with Crippen molar-refractivity contribution < 1.29 is 28.5 Å². The molecule has 0 unspecified atom stereocenters. The Morgan fingerprint density at radius 3 is 1.52 bits per heavy atom. The molecular formula is C19H36O6. The normalized spacial score (nSPS) is 12.1. The van der Waals surface area contributed by atoms with Crippen LogP contribution in [0.5, 0.6) is 0 Å². The Bertz CT molecular complexity index is 378. The first-order chi connectivity index (χ1) is 11.5. The lowest BCUT2D eigenvalue weighted by atomic mass is 9.91. The van der Waals surface area contributed by atoms with E-state index in [0.717, 1.165) is 6.42 Å². The second kappa shape index (κ2) is 12.3. The van der Waals surface area contributed by atoms with Crippen LogP contribution in [0.25, 0.3) is 0 Å². The van der Waals surface area contributed by atoms with Crippen molar-refractivity contribution >= 4 is 11.9 Å². The minimum atomic E-state index is -0.208. The van der Waals surface area contributed by atoms with Crippen LogP contribution >= 0.6 is 0 Å². The van der Waals surface area contributed by atoms with Crippen LogP contribution in [0.2, 0.25) is 0 Å². The summed E-state index contributed by atoms with van der Waals surface area (Å²) in [6.45, 7) is 14.3. The molecule has 6 heteroatoms. The van der Waals surface area contributed by atoms with Crippen LogP contribution in [-0.2, 0) is 28.5 Å². The van der Waals surface area contributed by atoms with Crippen LogP contribution in [0.15, 0.2) is 0 Å². The lowest BCUT2D eigenvalue weighted by Gasteiger charge is -2.17. The Hall–Kier alpha value is -1.14. The molecule has 0 aromatic carbocycles.